The van der Waals surface area contributed by atoms with E-state index in [0.29, 0.717) is 0 Å². The van der Waals surface area contributed by atoms with Crippen LogP contribution in [0.1, 0.15) is 26.2 Å². The predicted octanol–water partition coefficient (Wildman–Crippen LogP) is 0.764. The summed E-state index contributed by atoms with van der Waals surface area (Å²) in [5, 5.41) is 3.25. The minimum Gasteiger partial charge on any atom is -0.320 e. The summed E-state index contributed by atoms with van der Waals surface area (Å²) in [6.07, 6.45) is 4.13. The summed E-state index contributed by atoms with van der Waals surface area (Å²) >= 11 is 0. The Hall–Kier alpha value is -0.120. The molecule has 0 bridgehead atoms. The van der Waals surface area contributed by atoms with E-state index >= 15 is 0 Å². The largest absolute Gasteiger partial charge is 0.320 e. The Balaban J connectivity index is 1.78. The summed E-state index contributed by atoms with van der Waals surface area (Å²) in [5.41, 5.74) is 0. The highest BCUT2D eigenvalue weighted by molar-refractivity contribution is 4.88. The zero-order valence-electron chi connectivity index (χ0n) is 10.2. The van der Waals surface area contributed by atoms with Crippen molar-refractivity contribution in [2.24, 2.45) is 0 Å². The van der Waals surface area contributed by atoms with Gasteiger partial charge in [-0.1, -0.05) is 0 Å². The third kappa shape index (κ3) is 2.71. The van der Waals surface area contributed by atoms with Crippen molar-refractivity contribution in [1.29, 1.82) is 0 Å². The van der Waals surface area contributed by atoms with Gasteiger partial charge in [-0.05, 0) is 46.3 Å². The lowest BCUT2D eigenvalue weighted by atomic mass is 10.1. The molecule has 3 nitrogen and oxygen atoms in total. The first-order valence-electron chi connectivity index (χ1n) is 6.44. The SMILES string of the molecule is CNCCC(C)N1CCN2CCCC2C1. The lowest BCUT2D eigenvalue weighted by Gasteiger charge is -2.40. The van der Waals surface area contributed by atoms with Crippen LogP contribution in [0.15, 0.2) is 0 Å². The molecule has 0 saturated carbocycles. The molecule has 0 radical (unpaired) electrons. The average Bonchev–Trinajstić information content (AvgIpc) is 2.72. The topological polar surface area (TPSA) is 18.5 Å². The summed E-state index contributed by atoms with van der Waals surface area (Å²) in [6, 6.07) is 1.62. The summed E-state index contributed by atoms with van der Waals surface area (Å²) in [5.74, 6) is 0. The molecule has 0 aromatic rings. The monoisotopic (exact) mass is 211 g/mol. The normalized spacial score (nSPS) is 30.4. The highest BCUT2D eigenvalue weighted by atomic mass is 15.3. The van der Waals surface area contributed by atoms with E-state index in [0.717, 1.165) is 18.6 Å². The van der Waals surface area contributed by atoms with Crippen LogP contribution in [-0.4, -0.2) is 61.7 Å². The Labute approximate surface area is 93.8 Å². The standard InChI is InChI=1S/C12H25N3/c1-11(5-6-13-2)15-9-8-14-7-3-4-12(14)10-15/h11-13H,3-10H2,1-2H3. The van der Waals surface area contributed by atoms with Crippen LogP contribution in [0.5, 0.6) is 0 Å². The van der Waals surface area contributed by atoms with Gasteiger partial charge in [0.1, 0.15) is 0 Å². The fourth-order valence-electron chi connectivity index (χ4n) is 2.95. The summed E-state index contributed by atoms with van der Waals surface area (Å²) in [4.78, 5) is 5.37. The number of hydrogen-bond donors (Lipinski definition) is 1. The zero-order valence-corrected chi connectivity index (χ0v) is 10.2. The van der Waals surface area contributed by atoms with Gasteiger partial charge in [0.15, 0.2) is 0 Å². The molecule has 2 heterocycles. The summed E-state index contributed by atoms with van der Waals surface area (Å²) < 4.78 is 0. The minimum absolute atomic E-state index is 0.750. The van der Waals surface area contributed by atoms with E-state index in [4.69, 9.17) is 0 Å². The maximum atomic E-state index is 3.25. The molecule has 0 aromatic heterocycles. The van der Waals surface area contributed by atoms with Crippen LogP contribution in [0.25, 0.3) is 0 Å². The molecule has 3 heteroatoms. The molecular weight excluding hydrogens is 186 g/mol. The maximum absolute atomic E-state index is 3.25. The van der Waals surface area contributed by atoms with Crippen molar-refractivity contribution in [1.82, 2.24) is 15.1 Å². The van der Waals surface area contributed by atoms with Crippen molar-refractivity contribution in [3.05, 3.63) is 0 Å². The van der Waals surface area contributed by atoms with Crippen LogP contribution in [0.2, 0.25) is 0 Å². The van der Waals surface area contributed by atoms with E-state index in [9.17, 15) is 0 Å². The Bertz CT molecular complexity index is 195. The van der Waals surface area contributed by atoms with Gasteiger partial charge in [0.2, 0.25) is 0 Å². The van der Waals surface area contributed by atoms with Crippen molar-refractivity contribution in [3.63, 3.8) is 0 Å². The van der Waals surface area contributed by atoms with Gasteiger partial charge in [-0.3, -0.25) is 9.80 Å². The second-order valence-electron chi connectivity index (χ2n) is 5.07. The molecule has 2 aliphatic heterocycles. The highest BCUT2D eigenvalue weighted by Crippen LogP contribution is 2.22. The molecule has 0 amide bonds. The van der Waals surface area contributed by atoms with Crippen molar-refractivity contribution in [3.8, 4) is 0 Å². The third-order valence-electron chi connectivity index (χ3n) is 4.05. The molecule has 88 valence electrons. The van der Waals surface area contributed by atoms with Gasteiger partial charge in [-0.2, -0.15) is 0 Å². The van der Waals surface area contributed by atoms with Gasteiger partial charge in [-0.25, -0.2) is 0 Å². The van der Waals surface area contributed by atoms with Crippen LogP contribution in [0, 0.1) is 0 Å². The Morgan fingerprint density at radius 3 is 3.00 bits per heavy atom. The first-order valence-corrected chi connectivity index (χ1v) is 6.44. The molecule has 2 saturated heterocycles. The lowest BCUT2D eigenvalue weighted by molar-refractivity contribution is 0.0745. The van der Waals surface area contributed by atoms with Crippen LogP contribution in [0.4, 0.5) is 0 Å². The Kier molecular flexibility index (Phi) is 4.00. The van der Waals surface area contributed by atoms with E-state index in [1.807, 2.05) is 7.05 Å². The number of piperazine rings is 1. The van der Waals surface area contributed by atoms with E-state index in [-0.39, 0.29) is 0 Å². The fraction of sp³-hybridized carbons (Fsp3) is 1.00. The predicted molar refractivity (Wildman–Crippen MR) is 64.2 cm³/mol. The molecule has 1 N–H and O–H groups in total. The van der Waals surface area contributed by atoms with Crippen LogP contribution in [-0.2, 0) is 0 Å². The summed E-state index contributed by atoms with van der Waals surface area (Å²) in [7, 11) is 2.04. The first kappa shape index (κ1) is 11.4. The molecule has 15 heavy (non-hydrogen) atoms. The van der Waals surface area contributed by atoms with Gasteiger partial charge < -0.3 is 5.32 Å². The Morgan fingerprint density at radius 2 is 2.20 bits per heavy atom. The quantitative estimate of drug-likeness (QED) is 0.741. The lowest BCUT2D eigenvalue weighted by Crippen LogP contribution is -2.53. The van der Waals surface area contributed by atoms with Crippen LogP contribution in [0.3, 0.4) is 0 Å². The number of nitrogens with one attached hydrogen (secondary N) is 1. The van der Waals surface area contributed by atoms with Crippen LogP contribution < -0.4 is 5.32 Å². The molecular formula is C12H25N3. The van der Waals surface area contributed by atoms with Crippen molar-refractivity contribution in [2.45, 2.75) is 38.3 Å². The average molecular weight is 211 g/mol. The maximum Gasteiger partial charge on any atom is 0.0224 e. The van der Waals surface area contributed by atoms with Gasteiger partial charge in [-0.15, -0.1) is 0 Å². The number of nitrogens with zero attached hydrogens (tertiary/aromatic N) is 2. The molecule has 2 unspecified atom stereocenters. The molecule has 0 aliphatic carbocycles. The third-order valence-corrected chi connectivity index (χ3v) is 4.05. The smallest absolute Gasteiger partial charge is 0.0224 e. The summed E-state index contributed by atoms with van der Waals surface area (Å²) in [6.45, 7) is 8.76. The molecule has 0 aromatic carbocycles. The molecule has 2 atom stereocenters. The molecule has 0 spiro atoms. The fourth-order valence-corrected chi connectivity index (χ4v) is 2.95. The van der Waals surface area contributed by atoms with Gasteiger partial charge >= 0.3 is 0 Å². The number of hydrogen-bond acceptors (Lipinski definition) is 3. The zero-order chi connectivity index (χ0) is 10.7. The van der Waals surface area contributed by atoms with Crippen molar-refractivity contribution in [2.75, 3.05) is 39.8 Å². The highest BCUT2D eigenvalue weighted by Gasteiger charge is 2.31. The van der Waals surface area contributed by atoms with Gasteiger partial charge in [0, 0.05) is 31.7 Å². The van der Waals surface area contributed by atoms with Gasteiger partial charge in [0.05, 0.1) is 0 Å². The second kappa shape index (κ2) is 5.28. The first-order chi connectivity index (χ1) is 7.31. The van der Waals surface area contributed by atoms with Gasteiger partial charge in [0.25, 0.3) is 0 Å². The minimum atomic E-state index is 0.750. The number of fused-ring (bicyclic) bond motifs is 1. The van der Waals surface area contributed by atoms with Crippen molar-refractivity contribution >= 4 is 0 Å². The number of rotatable bonds is 4. The molecule has 2 rings (SSSR count). The van der Waals surface area contributed by atoms with Crippen molar-refractivity contribution < 1.29 is 0 Å². The Morgan fingerprint density at radius 1 is 1.33 bits per heavy atom. The van der Waals surface area contributed by atoms with E-state index in [2.05, 4.69) is 22.0 Å². The van der Waals surface area contributed by atoms with E-state index < -0.39 is 0 Å². The van der Waals surface area contributed by atoms with E-state index in [1.165, 1.54) is 45.4 Å². The molecule has 2 aliphatic rings. The van der Waals surface area contributed by atoms with Crippen LogP contribution >= 0.6 is 0 Å². The van der Waals surface area contributed by atoms with E-state index in [1.54, 1.807) is 0 Å². The second-order valence-corrected chi connectivity index (χ2v) is 5.07. The molecule has 2 fully saturated rings.